The van der Waals surface area contributed by atoms with Gasteiger partial charge in [-0.2, -0.15) is 0 Å². The third-order valence-electron chi connectivity index (χ3n) is 2.41. The molecule has 1 aliphatic rings. The zero-order chi connectivity index (χ0) is 10.1. The van der Waals surface area contributed by atoms with Gasteiger partial charge in [0.1, 0.15) is 23.4 Å². The van der Waals surface area contributed by atoms with E-state index in [9.17, 15) is 4.39 Å². The SMILES string of the molecule is C[C@H]1Oc2cccc(F)c2NC[C@@H]1N. The van der Waals surface area contributed by atoms with Crippen molar-refractivity contribution in [3.63, 3.8) is 0 Å². The van der Waals surface area contributed by atoms with Crippen LogP contribution in [0.25, 0.3) is 0 Å². The first-order valence-corrected chi connectivity index (χ1v) is 4.63. The minimum absolute atomic E-state index is 0.106. The molecule has 1 aliphatic heterocycles. The molecule has 1 aromatic carbocycles. The summed E-state index contributed by atoms with van der Waals surface area (Å²) < 4.78 is 18.8. The molecule has 0 aliphatic carbocycles. The predicted molar refractivity (Wildman–Crippen MR) is 53.0 cm³/mol. The van der Waals surface area contributed by atoms with E-state index in [-0.39, 0.29) is 18.0 Å². The first-order chi connectivity index (χ1) is 6.68. The Labute approximate surface area is 82.1 Å². The minimum Gasteiger partial charge on any atom is -0.487 e. The molecule has 0 amide bonds. The zero-order valence-electron chi connectivity index (χ0n) is 7.96. The molecule has 4 heteroatoms. The Morgan fingerprint density at radius 3 is 3.14 bits per heavy atom. The number of halogens is 1. The summed E-state index contributed by atoms with van der Waals surface area (Å²) in [5.41, 5.74) is 6.21. The van der Waals surface area contributed by atoms with Crippen LogP contribution in [0, 0.1) is 5.82 Å². The van der Waals surface area contributed by atoms with Crippen molar-refractivity contribution >= 4 is 5.69 Å². The van der Waals surface area contributed by atoms with Crippen LogP contribution < -0.4 is 15.8 Å². The van der Waals surface area contributed by atoms with E-state index in [4.69, 9.17) is 10.5 Å². The summed E-state index contributed by atoms with van der Waals surface area (Å²) >= 11 is 0. The topological polar surface area (TPSA) is 47.3 Å². The number of hydrogen-bond acceptors (Lipinski definition) is 3. The highest BCUT2D eigenvalue weighted by Crippen LogP contribution is 2.30. The van der Waals surface area contributed by atoms with Crippen LogP contribution in [0.2, 0.25) is 0 Å². The number of nitrogens with one attached hydrogen (secondary N) is 1. The molecule has 0 saturated heterocycles. The van der Waals surface area contributed by atoms with E-state index in [1.807, 2.05) is 6.92 Å². The number of anilines is 1. The third kappa shape index (κ3) is 1.53. The van der Waals surface area contributed by atoms with Gasteiger partial charge < -0.3 is 15.8 Å². The van der Waals surface area contributed by atoms with Gasteiger partial charge in [0, 0.05) is 6.54 Å². The van der Waals surface area contributed by atoms with E-state index in [1.165, 1.54) is 6.07 Å². The molecule has 0 radical (unpaired) electrons. The summed E-state index contributed by atoms with van der Waals surface area (Å²) in [6, 6.07) is 4.64. The van der Waals surface area contributed by atoms with Gasteiger partial charge >= 0.3 is 0 Å². The lowest BCUT2D eigenvalue weighted by Gasteiger charge is -2.16. The van der Waals surface area contributed by atoms with E-state index in [1.54, 1.807) is 12.1 Å². The summed E-state index contributed by atoms with van der Waals surface area (Å²) in [7, 11) is 0. The van der Waals surface area contributed by atoms with Crippen molar-refractivity contribution in [3.05, 3.63) is 24.0 Å². The number of rotatable bonds is 0. The summed E-state index contributed by atoms with van der Waals surface area (Å²) in [6.45, 7) is 2.40. The first kappa shape index (κ1) is 9.27. The van der Waals surface area contributed by atoms with Crippen molar-refractivity contribution in [2.75, 3.05) is 11.9 Å². The van der Waals surface area contributed by atoms with Gasteiger partial charge in [-0.05, 0) is 19.1 Å². The van der Waals surface area contributed by atoms with Gasteiger partial charge in [0.05, 0.1) is 6.04 Å². The molecule has 0 spiro atoms. The van der Waals surface area contributed by atoms with Gasteiger partial charge in [-0.1, -0.05) is 6.07 Å². The highest BCUT2D eigenvalue weighted by atomic mass is 19.1. The number of ether oxygens (including phenoxy) is 1. The summed E-state index contributed by atoms with van der Waals surface area (Å²) in [6.07, 6.45) is -0.106. The summed E-state index contributed by atoms with van der Waals surface area (Å²) in [5, 5.41) is 2.95. The van der Waals surface area contributed by atoms with Crippen molar-refractivity contribution in [2.24, 2.45) is 5.73 Å². The largest absolute Gasteiger partial charge is 0.487 e. The van der Waals surface area contributed by atoms with Gasteiger partial charge in [0.15, 0.2) is 0 Å². The van der Waals surface area contributed by atoms with E-state index >= 15 is 0 Å². The van der Waals surface area contributed by atoms with Gasteiger partial charge in [0.2, 0.25) is 0 Å². The Kier molecular flexibility index (Phi) is 2.29. The highest BCUT2D eigenvalue weighted by Gasteiger charge is 2.22. The molecule has 0 bridgehead atoms. The van der Waals surface area contributed by atoms with Crippen LogP contribution in [0.15, 0.2) is 18.2 Å². The lowest BCUT2D eigenvalue weighted by molar-refractivity contribution is 0.200. The molecule has 0 unspecified atom stereocenters. The van der Waals surface area contributed by atoms with Crippen LogP contribution in [0.4, 0.5) is 10.1 Å². The number of para-hydroxylation sites is 1. The fourth-order valence-corrected chi connectivity index (χ4v) is 1.45. The maximum atomic E-state index is 13.3. The van der Waals surface area contributed by atoms with Crippen molar-refractivity contribution < 1.29 is 9.13 Å². The lowest BCUT2D eigenvalue weighted by atomic mass is 10.2. The van der Waals surface area contributed by atoms with Crippen LogP contribution >= 0.6 is 0 Å². The van der Waals surface area contributed by atoms with Crippen molar-refractivity contribution in [2.45, 2.75) is 19.1 Å². The van der Waals surface area contributed by atoms with Crippen LogP contribution in [0.3, 0.4) is 0 Å². The molecule has 14 heavy (non-hydrogen) atoms. The van der Waals surface area contributed by atoms with Crippen LogP contribution in [0.1, 0.15) is 6.92 Å². The average molecular weight is 196 g/mol. The molecule has 0 saturated carbocycles. The normalized spacial score (nSPS) is 25.6. The second kappa shape index (κ2) is 3.46. The Balaban J connectivity index is 2.37. The fourth-order valence-electron chi connectivity index (χ4n) is 1.45. The van der Waals surface area contributed by atoms with Crippen molar-refractivity contribution in [1.29, 1.82) is 0 Å². The maximum Gasteiger partial charge on any atom is 0.150 e. The monoisotopic (exact) mass is 196 g/mol. The summed E-state index contributed by atoms with van der Waals surface area (Å²) in [4.78, 5) is 0. The quantitative estimate of drug-likeness (QED) is 0.658. The van der Waals surface area contributed by atoms with Gasteiger partial charge in [-0.3, -0.25) is 0 Å². The molecule has 3 nitrogen and oxygen atoms in total. The maximum absolute atomic E-state index is 13.3. The third-order valence-corrected chi connectivity index (χ3v) is 2.41. The number of nitrogens with two attached hydrogens (primary N) is 1. The molecule has 2 rings (SSSR count). The Hall–Kier alpha value is -1.29. The van der Waals surface area contributed by atoms with Gasteiger partial charge in [-0.25, -0.2) is 4.39 Å². The summed E-state index contributed by atoms with van der Waals surface area (Å²) in [5.74, 6) is 0.231. The van der Waals surface area contributed by atoms with Gasteiger partial charge in [-0.15, -0.1) is 0 Å². The van der Waals surface area contributed by atoms with Crippen molar-refractivity contribution in [1.82, 2.24) is 0 Å². The Morgan fingerprint density at radius 1 is 1.57 bits per heavy atom. The Morgan fingerprint density at radius 2 is 2.36 bits per heavy atom. The molecule has 76 valence electrons. The second-order valence-corrected chi connectivity index (χ2v) is 3.48. The molecular weight excluding hydrogens is 183 g/mol. The zero-order valence-corrected chi connectivity index (χ0v) is 7.96. The van der Waals surface area contributed by atoms with E-state index < -0.39 is 0 Å². The molecule has 3 N–H and O–H groups in total. The molecule has 1 aromatic rings. The molecule has 2 atom stereocenters. The van der Waals surface area contributed by atoms with Crippen LogP contribution in [0.5, 0.6) is 5.75 Å². The number of benzene rings is 1. The molecule has 1 heterocycles. The van der Waals surface area contributed by atoms with E-state index in [2.05, 4.69) is 5.32 Å². The fraction of sp³-hybridized carbons (Fsp3) is 0.400. The highest BCUT2D eigenvalue weighted by molar-refractivity contribution is 5.58. The predicted octanol–water partition coefficient (Wildman–Crippen LogP) is 1.35. The molecular formula is C10H13FN2O. The van der Waals surface area contributed by atoms with Crippen LogP contribution in [-0.4, -0.2) is 18.7 Å². The van der Waals surface area contributed by atoms with E-state index in [0.717, 1.165) is 0 Å². The van der Waals surface area contributed by atoms with Crippen molar-refractivity contribution in [3.8, 4) is 5.75 Å². The minimum atomic E-state index is -0.302. The molecule has 0 aromatic heterocycles. The second-order valence-electron chi connectivity index (χ2n) is 3.48. The first-order valence-electron chi connectivity index (χ1n) is 4.63. The number of fused-ring (bicyclic) bond motifs is 1. The van der Waals surface area contributed by atoms with Gasteiger partial charge in [0.25, 0.3) is 0 Å². The lowest BCUT2D eigenvalue weighted by Crippen LogP contribution is -2.40. The smallest absolute Gasteiger partial charge is 0.150 e. The average Bonchev–Trinajstić information content (AvgIpc) is 2.29. The van der Waals surface area contributed by atoms with Crippen LogP contribution in [-0.2, 0) is 0 Å². The Bertz CT molecular complexity index is 343. The van der Waals surface area contributed by atoms with E-state index in [0.29, 0.717) is 18.0 Å². The standard InChI is InChI=1S/C10H13FN2O/c1-6-8(12)5-13-10-7(11)3-2-4-9(10)14-6/h2-4,6,8,13H,5,12H2,1H3/t6-,8+/m1/s1. The molecule has 0 fully saturated rings. The number of hydrogen-bond donors (Lipinski definition) is 2.